The van der Waals surface area contributed by atoms with Gasteiger partial charge in [-0.3, -0.25) is 9.59 Å². The summed E-state index contributed by atoms with van der Waals surface area (Å²) in [6, 6.07) is 32.2. The largest absolute Gasteiger partial charge is 0.445 e. The summed E-state index contributed by atoms with van der Waals surface area (Å²) in [7, 11) is 0. The zero-order chi connectivity index (χ0) is 36.8. The minimum Gasteiger partial charge on any atom is -0.445 e. The van der Waals surface area contributed by atoms with E-state index in [1.54, 1.807) is 0 Å². The molecule has 2 aromatic heterocycles. The van der Waals surface area contributed by atoms with E-state index < -0.39 is 36.1 Å². The molecule has 2 atom stereocenters. The molecule has 6 aromatic rings. The molecule has 0 aliphatic rings. The van der Waals surface area contributed by atoms with Gasteiger partial charge in [-0.25, -0.2) is 9.59 Å². The van der Waals surface area contributed by atoms with Crippen LogP contribution in [-0.4, -0.2) is 59.1 Å². The van der Waals surface area contributed by atoms with Crippen LogP contribution in [-0.2, 0) is 45.1 Å². The zero-order valence-electron chi connectivity index (χ0n) is 29.1. The Morgan fingerprint density at radius 2 is 0.925 bits per heavy atom. The van der Waals surface area contributed by atoms with Crippen LogP contribution < -0.4 is 21.3 Å². The number of nitrogens with one attached hydrogen (secondary N) is 6. The molecule has 0 saturated carbocycles. The number of aromatic amines is 2. The molecule has 2 heterocycles. The van der Waals surface area contributed by atoms with E-state index in [0.29, 0.717) is 6.42 Å². The maximum Gasteiger partial charge on any atom is 0.408 e. The van der Waals surface area contributed by atoms with Crippen LogP contribution in [0.15, 0.2) is 122 Å². The smallest absolute Gasteiger partial charge is 0.408 e. The maximum atomic E-state index is 13.4. The lowest BCUT2D eigenvalue weighted by molar-refractivity contribution is -0.123. The van der Waals surface area contributed by atoms with Crippen molar-refractivity contribution in [2.45, 2.75) is 44.6 Å². The molecule has 12 nitrogen and oxygen atoms in total. The third-order valence-electron chi connectivity index (χ3n) is 8.79. The second kappa shape index (κ2) is 18.1. The van der Waals surface area contributed by atoms with Crippen LogP contribution in [0.3, 0.4) is 0 Å². The van der Waals surface area contributed by atoms with E-state index in [9.17, 15) is 19.2 Å². The molecule has 6 rings (SSSR count). The first-order chi connectivity index (χ1) is 25.9. The van der Waals surface area contributed by atoms with Crippen molar-refractivity contribution in [2.75, 3.05) is 13.1 Å². The lowest BCUT2D eigenvalue weighted by Crippen LogP contribution is -2.49. The average Bonchev–Trinajstić information content (AvgIpc) is 3.80. The minimum atomic E-state index is -0.918. The van der Waals surface area contributed by atoms with E-state index in [1.165, 1.54) is 0 Å². The second-order valence-electron chi connectivity index (χ2n) is 12.6. The van der Waals surface area contributed by atoms with Crippen molar-refractivity contribution in [1.82, 2.24) is 31.2 Å². The predicted octanol–water partition coefficient (Wildman–Crippen LogP) is 5.65. The monoisotopic (exact) mass is 714 g/mol. The highest BCUT2D eigenvalue weighted by atomic mass is 16.6. The molecule has 12 heteroatoms. The van der Waals surface area contributed by atoms with E-state index in [1.807, 2.05) is 122 Å². The molecule has 53 heavy (non-hydrogen) atoms. The number of H-pyrrole nitrogens is 2. The van der Waals surface area contributed by atoms with E-state index in [4.69, 9.17) is 9.47 Å². The highest BCUT2D eigenvalue weighted by Crippen LogP contribution is 2.20. The number of ether oxygens (including phenoxy) is 2. The normalized spacial score (nSPS) is 12.1. The minimum absolute atomic E-state index is 0.0642. The third kappa shape index (κ3) is 10.3. The van der Waals surface area contributed by atoms with Gasteiger partial charge >= 0.3 is 12.2 Å². The number of rotatable bonds is 16. The summed E-state index contributed by atoms with van der Waals surface area (Å²) >= 11 is 0. The van der Waals surface area contributed by atoms with Crippen molar-refractivity contribution in [3.8, 4) is 0 Å². The molecule has 0 aliphatic carbocycles. The molecule has 0 aliphatic heterocycles. The van der Waals surface area contributed by atoms with Crippen LogP contribution in [0.5, 0.6) is 0 Å². The van der Waals surface area contributed by atoms with Crippen LogP contribution in [0.25, 0.3) is 21.8 Å². The lowest BCUT2D eigenvalue weighted by atomic mass is 10.0. The van der Waals surface area contributed by atoms with Gasteiger partial charge in [0, 0.05) is 60.1 Å². The first-order valence-electron chi connectivity index (χ1n) is 17.5. The van der Waals surface area contributed by atoms with Crippen LogP contribution >= 0.6 is 0 Å². The number of alkyl carbamates (subject to hydrolysis) is 2. The molecule has 0 radical (unpaired) electrons. The van der Waals surface area contributed by atoms with Crippen molar-refractivity contribution in [3.05, 3.63) is 144 Å². The summed E-state index contributed by atoms with van der Waals surface area (Å²) in [5.74, 6) is -0.781. The maximum absolute atomic E-state index is 13.4. The van der Waals surface area contributed by atoms with Gasteiger partial charge in [-0.1, -0.05) is 97.1 Å². The molecular formula is C41H42N6O6. The molecule has 0 saturated heterocycles. The molecule has 0 fully saturated rings. The van der Waals surface area contributed by atoms with E-state index in [2.05, 4.69) is 31.2 Å². The van der Waals surface area contributed by atoms with Crippen LogP contribution in [0.2, 0.25) is 0 Å². The van der Waals surface area contributed by atoms with Gasteiger partial charge in [0.15, 0.2) is 0 Å². The van der Waals surface area contributed by atoms with Gasteiger partial charge in [-0.05, 0) is 40.8 Å². The molecule has 0 bridgehead atoms. The van der Waals surface area contributed by atoms with Crippen molar-refractivity contribution in [3.63, 3.8) is 0 Å². The molecule has 272 valence electrons. The molecule has 4 amide bonds. The van der Waals surface area contributed by atoms with Gasteiger partial charge in [-0.15, -0.1) is 0 Å². The lowest BCUT2D eigenvalue weighted by Gasteiger charge is -2.19. The first kappa shape index (κ1) is 36.2. The van der Waals surface area contributed by atoms with Gasteiger partial charge in [0.25, 0.3) is 0 Å². The average molecular weight is 715 g/mol. The first-order valence-corrected chi connectivity index (χ1v) is 17.5. The topological polar surface area (TPSA) is 166 Å². The summed E-state index contributed by atoms with van der Waals surface area (Å²) < 4.78 is 10.8. The van der Waals surface area contributed by atoms with Crippen molar-refractivity contribution in [2.24, 2.45) is 0 Å². The summed E-state index contributed by atoms with van der Waals surface area (Å²) in [6.07, 6.45) is 3.09. The Morgan fingerprint density at radius 3 is 1.36 bits per heavy atom. The molecular weight excluding hydrogens is 672 g/mol. The molecule has 2 unspecified atom stereocenters. The van der Waals surface area contributed by atoms with Crippen LogP contribution in [0.1, 0.15) is 28.7 Å². The third-order valence-corrected chi connectivity index (χ3v) is 8.79. The number of benzene rings is 4. The van der Waals surface area contributed by atoms with Gasteiger partial charge in [0.05, 0.1) is 0 Å². The number of fused-ring (bicyclic) bond motifs is 2. The van der Waals surface area contributed by atoms with E-state index in [-0.39, 0.29) is 39.1 Å². The predicted molar refractivity (Wildman–Crippen MR) is 202 cm³/mol. The van der Waals surface area contributed by atoms with Crippen LogP contribution in [0, 0.1) is 0 Å². The Balaban J connectivity index is 1.03. The van der Waals surface area contributed by atoms with E-state index in [0.717, 1.165) is 44.1 Å². The number of aromatic nitrogens is 2. The van der Waals surface area contributed by atoms with Gasteiger partial charge in [0.2, 0.25) is 11.8 Å². The van der Waals surface area contributed by atoms with E-state index >= 15 is 0 Å². The fraction of sp³-hybridized carbons (Fsp3) is 0.220. The summed E-state index contributed by atoms with van der Waals surface area (Å²) in [5, 5.41) is 13.1. The zero-order valence-corrected chi connectivity index (χ0v) is 29.1. The fourth-order valence-corrected chi connectivity index (χ4v) is 6.03. The quantitative estimate of drug-likeness (QED) is 0.0710. The Kier molecular flexibility index (Phi) is 12.4. The number of amides is 4. The Morgan fingerprint density at radius 1 is 0.528 bits per heavy atom. The number of para-hydroxylation sites is 2. The Labute approximate surface area is 306 Å². The Hall–Kier alpha value is -6.56. The summed E-state index contributed by atoms with van der Waals surface area (Å²) in [6.45, 7) is 0.581. The number of carbonyl (C=O) groups is 4. The number of carbonyl (C=O) groups excluding carboxylic acids is 4. The highest BCUT2D eigenvalue weighted by molar-refractivity contribution is 5.89. The molecule has 0 spiro atoms. The second-order valence-corrected chi connectivity index (χ2v) is 12.6. The number of hydrogen-bond acceptors (Lipinski definition) is 6. The summed E-state index contributed by atoms with van der Waals surface area (Å²) in [5.41, 5.74) is 5.23. The van der Waals surface area contributed by atoms with Crippen molar-refractivity contribution in [1.29, 1.82) is 0 Å². The SMILES string of the molecule is O=C(NC(Cc1c[nH]c2ccccc12)C(=O)NCCCNC(=O)C(Cc1c[nH]c2ccccc12)NC(=O)OCc1ccccc1)OCc1ccccc1. The van der Waals surface area contributed by atoms with Crippen LogP contribution in [0.4, 0.5) is 9.59 Å². The van der Waals surface area contributed by atoms with Crippen molar-refractivity contribution >= 4 is 45.8 Å². The van der Waals surface area contributed by atoms with Gasteiger partial charge in [0.1, 0.15) is 25.3 Å². The number of hydrogen-bond donors (Lipinski definition) is 6. The molecule has 4 aromatic carbocycles. The molecule has 6 N–H and O–H groups in total. The fourth-order valence-electron chi connectivity index (χ4n) is 6.03. The highest BCUT2D eigenvalue weighted by Gasteiger charge is 2.25. The standard InChI is InChI=1S/C41H42N6O6/c48-38(36(22-30-24-44-34-18-9-7-16-32(30)34)46-40(50)52-26-28-12-3-1-4-13-28)42-20-11-21-43-39(49)37(23-31-25-45-35-19-10-8-17-33(31)35)47-41(51)53-27-29-14-5-2-6-15-29/h1-10,12-19,24-25,36-37,44-45H,11,20-23,26-27H2,(H,42,48)(H,43,49)(H,46,50)(H,47,51). The van der Waals surface area contributed by atoms with Crippen molar-refractivity contribution < 1.29 is 28.7 Å². The summed E-state index contributed by atoms with van der Waals surface area (Å²) in [4.78, 5) is 58.9. The van der Waals surface area contributed by atoms with Gasteiger partial charge < -0.3 is 40.7 Å². The van der Waals surface area contributed by atoms with Gasteiger partial charge in [-0.2, -0.15) is 0 Å². The Bertz CT molecular complexity index is 1980.